The van der Waals surface area contributed by atoms with Crippen LogP contribution in [0.3, 0.4) is 0 Å². The summed E-state index contributed by atoms with van der Waals surface area (Å²) in [5.74, 6) is 3.47. The Kier molecular flexibility index (Phi) is 4.60. The van der Waals surface area contributed by atoms with Crippen LogP contribution in [0.5, 0.6) is 0 Å². The quantitative estimate of drug-likeness (QED) is 0.713. The van der Waals surface area contributed by atoms with Gasteiger partial charge in [0.05, 0.1) is 11.9 Å². The van der Waals surface area contributed by atoms with Gasteiger partial charge in [0.15, 0.2) is 0 Å². The molecule has 4 fully saturated rings. The van der Waals surface area contributed by atoms with Gasteiger partial charge in [-0.2, -0.15) is 0 Å². The topological polar surface area (TPSA) is 46.1 Å². The van der Waals surface area contributed by atoms with Crippen molar-refractivity contribution in [2.45, 2.75) is 71.3 Å². The lowest BCUT2D eigenvalue weighted by atomic mass is 9.47. The molecule has 4 nitrogen and oxygen atoms in total. The van der Waals surface area contributed by atoms with Gasteiger partial charge in [0.2, 0.25) is 5.91 Å². The average molecular weight is 394 g/mol. The minimum atomic E-state index is 0.320. The standard InChI is InChI=1S/C25H35N3O/c1-24-12-10-21-19(7-9-22-25(21,2)13-11-23(29)28(22)3)20(24)8-5-17(24)4-6-18-16-26-14-15-27-18/h4,6,14-17,19-22H,5,7-13H2,1-3H3/t17-,19-,20-,21-,22?,24+,25+/m0/s1. The van der Waals surface area contributed by atoms with E-state index in [0.717, 1.165) is 36.3 Å². The lowest BCUT2D eigenvalue weighted by molar-refractivity contribution is -0.157. The first-order valence-corrected chi connectivity index (χ1v) is 11.6. The van der Waals surface area contributed by atoms with Gasteiger partial charge >= 0.3 is 0 Å². The number of fused-ring (bicyclic) bond motifs is 5. The second-order valence-corrected chi connectivity index (χ2v) is 10.7. The molecule has 1 unspecified atom stereocenters. The van der Waals surface area contributed by atoms with E-state index in [2.05, 4.69) is 47.9 Å². The van der Waals surface area contributed by atoms with E-state index in [4.69, 9.17) is 0 Å². The third-order valence-corrected chi connectivity index (χ3v) is 9.71. The van der Waals surface area contributed by atoms with E-state index in [9.17, 15) is 4.79 Å². The van der Waals surface area contributed by atoms with Gasteiger partial charge in [-0.25, -0.2) is 0 Å². The average Bonchev–Trinajstić information content (AvgIpc) is 3.07. The molecule has 1 aromatic rings. The van der Waals surface area contributed by atoms with E-state index in [1.54, 1.807) is 12.4 Å². The molecular formula is C25H35N3O. The van der Waals surface area contributed by atoms with Crippen LogP contribution in [0.1, 0.15) is 70.9 Å². The van der Waals surface area contributed by atoms with E-state index in [1.807, 2.05) is 6.20 Å². The fourth-order valence-electron chi connectivity index (χ4n) is 8.12. The first-order valence-electron chi connectivity index (χ1n) is 11.6. The first-order chi connectivity index (χ1) is 13.9. The number of piperidine rings is 1. The van der Waals surface area contributed by atoms with Gasteiger partial charge in [0.1, 0.15) is 0 Å². The molecule has 1 aromatic heterocycles. The highest BCUT2D eigenvalue weighted by molar-refractivity contribution is 5.77. The summed E-state index contributed by atoms with van der Waals surface area (Å²) in [4.78, 5) is 23.0. The molecule has 4 aliphatic rings. The number of hydrogen-bond acceptors (Lipinski definition) is 3. The maximum absolute atomic E-state index is 12.3. The zero-order valence-corrected chi connectivity index (χ0v) is 18.2. The highest BCUT2D eigenvalue weighted by atomic mass is 16.2. The van der Waals surface area contributed by atoms with Crippen LogP contribution in [0.25, 0.3) is 6.08 Å². The zero-order chi connectivity index (χ0) is 20.2. The van der Waals surface area contributed by atoms with E-state index >= 15 is 0 Å². The van der Waals surface area contributed by atoms with Crippen molar-refractivity contribution in [3.8, 4) is 0 Å². The smallest absolute Gasteiger partial charge is 0.222 e. The Hall–Kier alpha value is -1.71. The molecule has 1 aliphatic heterocycles. The van der Waals surface area contributed by atoms with Gasteiger partial charge in [-0.1, -0.05) is 19.9 Å². The third-order valence-electron chi connectivity index (χ3n) is 9.71. The summed E-state index contributed by atoms with van der Waals surface area (Å²) >= 11 is 0. The van der Waals surface area contributed by atoms with Crippen LogP contribution in [0.2, 0.25) is 0 Å². The molecule has 0 radical (unpaired) electrons. The number of amides is 1. The minimum absolute atomic E-state index is 0.320. The minimum Gasteiger partial charge on any atom is -0.342 e. The fraction of sp³-hybridized carbons (Fsp3) is 0.720. The van der Waals surface area contributed by atoms with Crippen molar-refractivity contribution in [3.63, 3.8) is 0 Å². The predicted molar refractivity (Wildman–Crippen MR) is 115 cm³/mol. The van der Waals surface area contributed by atoms with Crippen molar-refractivity contribution in [2.24, 2.45) is 34.5 Å². The van der Waals surface area contributed by atoms with Crippen molar-refractivity contribution in [1.29, 1.82) is 0 Å². The maximum Gasteiger partial charge on any atom is 0.222 e. The number of likely N-dealkylation sites (tertiary alicyclic amines) is 1. The van der Waals surface area contributed by atoms with Crippen LogP contribution < -0.4 is 0 Å². The molecule has 3 aliphatic carbocycles. The lowest BCUT2D eigenvalue weighted by Gasteiger charge is -2.61. The molecule has 29 heavy (non-hydrogen) atoms. The molecular weight excluding hydrogens is 358 g/mol. The Balaban J connectivity index is 1.38. The maximum atomic E-state index is 12.3. The predicted octanol–water partition coefficient (Wildman–Crippen LogP) is 4.97. The number of aromatic nitrogens is 2. The van der Waals surface area contributed by atoms with Crippen LogP contribution >= 0.6 is 0 Å². The van der Waals surface area contributed by atoms with Gasteiger partial charge in [-0.15, -0.1) is 0 Å². The summed E-state index contributed by atoms with van der Waals surface area (Å²) in [6.45, 7) is 5.08. The number of carbonyl (C=O) groups is 1. The fourth-order valence-corrected chi connectivity index (χ4v) is 8.12. The van der Waals surface area contributed by atoms with Crippen LogP contribution in [-0.2, 0) is 4.79 Å². The normalized spacial score (nSPS) is 44.4. The largest absolute Gasteiger partial charge is 0.342 e. The molecule has 0 aromatic carbocycles. The van der Waals surface area contributed by atoms with Crippen LogP contribution in [0, 0.1) is 34.5 Å². The summed E-state index contributed by atoms with van der Waals surface area (Å²) in [5.41, 5.74) is 1.70. The van der Waals surface area contributed by atoms with Crippen LogP contribution in [0.15, 0.2) is 24.7 Å². The number of rotatable bonds is 2. The lowest BCUT2D eigenvalue weighted by Crippen LogP contribution is -2.61. The highest BCUT2D eigenvalue weighted by Gasteiger charge is 2.60. The molecule has 3 saturated carbocycles. The molecule has 5 rings (SSSR count). The number of allylic oxidation sites excluding steroid dienone is 1. The van der Waals surface area contributed by atoms with Crippen molar-refractivity contribution >= 4 is 12.0 Å². The summed E-state index contributed by atoms with van der Waals surface area (Å²) in [7, 11) is 2.06. The molecule has 0 bridgehead atoms. The molecule has 0 N–H and O–H groups in total. The molecule has 2 heterocycles. The van der Waals surface area contributed by atoms with Crippen molar-refractivity contribution in [2.75, 3.05) is 7.05 Å². The van der Waals surface area contributed by atoms with Crippen molar-refractivity contribution in [3.05, 3.63) is 30.4 Å². The Morgan fingerprint density at radius 1 is 1.03 bits per heavy atom. The number of nitrogens with zero attached hydrogens (tertiary/aromatic N) is 3. The molecule has 1 saturated heterocycles. The van der Waals surface area contributed by atoms with E-state index in [-0.39, 0.29) is 0 Å². The Morgan fingerprint density at radius 3 is 2.66 bits per heavy atom. The first kappa shape index (κ1) is 19.3. The summed E-state index contributed by atoms with van der Waals surface area (Å²) < 4.78 is 0. The summed E-state index contributed by atoms with van der Waals surface area (Å²) in [6.07, 6.45) is 19.7. The van der Waals surface area contributed by atoms with Gasteiger partial charge in [-0.05, 0) is 85.5 Å². The third kappa shape index (κ3) is 2.89. The second kappa shape index (κ2) is 6.92. The van der Waals surface area contributed by atoms with E-state index in [0.29, 0.717) is 28.7 Å². The Morgan fingerprint density at radius 2 is 1.86 bits per heavy atom. The van der Waals surface area contributed by atoms with Gasteiger partial charge in [0, 0.05) is 31.9 Å². The number of carbonyl (C=O) groups excluding carboxylic acids is 1. The Bertz CT molecular complexity index is 808. The van der Waals surface area contributed by atoms with Crippen LogP contribution in [-0.4, -0.2) is 33.9 Å². The monoisotopic (exact) mass is 393 g/mol. The van der Waals surface area contributed by atoms with Crippen molar-refractivity contribution in [1.82, 2.24) is 14.9 Å². The van der Waals surface area contributed by atoms with Gasteiger partial charge in [0.25, 0.3) is 0 Å². The summed E-state index contributed by atoms with van der Waals surface area (Å²) in [5, 5.41) is 0. The molecule has 1 amide bonds. The van der Waals surface area contributed by atoms with E-state index < -0.39 is 0 Å². The van der Waals surface area contributed by atoms with Gasteiger partial charge < -0.3 is 4.90 Å². The number of hydrogen-bond donors (Lipinski definition) is 0. The molecule has 4 heteroatoms. The zero-order valence-electron chi connectivity index (χ0n) is 18.2. The Labute approximate surface area is 175 Å². The summed E-state index contributed by atoms with van der Waals surface area (Å²) in [6, 6.07) is 0.461. The SMILES string of the molecule is CN1C(=O)CC[C@@]2(C)C1CC[C@H]1[C@@H]3CC[C@H](C=Cc4cnccn4)[C@@]3(C)CC[C@@H]12. The highest BCUT2D eigenvalue weighted by Crippen LogP contribution is 2.66. The van der Waals surface area contributed by atoms with Crippen LogP contribution in [0.4, 0.5) is 0 Å². The van der Waals surface area contributed by atoms with E-state index in [1.165, 1.54) is 38.5 Å². The molecule has 0 spiro atoms. The van der Waals surface area contributed by atoms with Crippen molar-refractivity contribution < 1.29 is 4.79 Å². The van der Waals surface area contributed by atoms with Gasteiger partial charge in [-0.3, -0.25) is 14.8 Å². The molecule has 7 atom stereocenters. The second-order valence-electron chi connectivity index (χ2n) is 10.7. The molecule has 156 valence electrons.